The topological polar surface area (TPSA) is 103 Å². The zero-order chi connectivity index (χ0) is 14.3. The molecule has 7 nitrogen and oxygen atoms in total. The maximum absolute atomic E-state index is 11.7. The average molecular weight is 267 g/mol. The zero-order valence-corrected chi connectivity index (χ0v) is 10.6. The number of aromatic nitrogens is 1. The summed E-state index contributed by atoms with van der Waals surface area (Å²) in [6.07, 6.45) is 3.98. The quantitative estimate of drug-likeness (QED) is 0.657. The number of carbonyl (C=O) groups is 2. The summed E-state index contributed by atoms with van der Waals surface area (Å²) in [5, 5.41) is 19.8. The van der Waals surface area contributed by atoms with Crippen molar-refractivity contribution in [3.8, 4) is 0 Å². The van der Waals surface area contributed by atoms with Crippen LogP contribution in [0.4, 0.5) is 4.79 Å². The van der Waals surface area contributed by atoms with Gasteiger partial charge in [-0.25, -0.2) is 9.59 Å². The predicted molar refractivity (Wildman–Crippen MR) is 67.6 cm³/mol. The van der Waals surface area contributed by atoms with Crippen LogP contribution in [0.5, 0.6) is 0 Å². The number of pyridine rings is 1. The van der Waals surface area contributed by atoms with E-state index >= 15 is 0 Å². The molecule has 1 atom stereocenters. The highest BCUT2D eigenvalue weighted by atomic mass is 16.4. The Labute approximate surface area is 110 Å². The lowest BCUT2D eigenvalue weighted by Gasteiger charge is -2.20. The van der Waals surface area contributed by atoms with Crippen LogP contribution >= 0.6 is 0 Å². The highest BCUT2D eigenvalue weighted by Crippen LogP contribution is 1.99. The minimum absolute atomic E-state index is 0.438. The van der Waals surface area contributed by atoms with E-state index in [4.69, 9.17) is 10.2 Å². The second-order valence-corrected chi connectivity index (χ2v) is 4.05. The highest BCUT2D eigenvalue weighted by Gasteiger charge is 2.20. The molecule has 0 aromatic carbocycles. The molecule has 1 aromatic heterocycles. The number of urea groups is 1. The minimum atomic E-state index is -1.28. The lowest BCUT2D eigenvalue weighted by molar-refractivity contribution is -0.140. The van der Waals surface area contributed by atoms with Gasteiger partial charge < -0.3 is 20.4 Å². The van der Waals surface area contributed by atoms with Crippen molar-refractivity contribution in [1.29, 1.82) is 0 Å². The lowest BCUT2D eigenvalue weighted by atomic mass is 10.2. The molecule has 0 aliphatic heterocycles. The number of aliphatic hydroxyl groups is 1. The molecule has 7 heteroatoms. The van der Waals surface area contributed by atoms with Crippen molar-refractivity contribution in [3.05, 3.63) is 30.1 Å². The number of nitrogens with zero attached hydrogens (tertiary/aromatic N) is 2. The van der Waals surface area contributed by atoms with Crippen molar-refractivity contribution in [2.45, 2.75) is 12.5 Å². The molecule has 0 bridgehead atoms. The van der Waals surface area contributed by atoms with E-state index in [0.29, 0.717) is 13.0 Å². The fourth-order valence-corrected chi connectivity index (χ4v) is 1.39. The minimum Gasteiger partial charge on any atom is -0.480 e. The van der Waals surface area contributed by atoms with Gasteiger partial charge in [-0.15, -0.1) is 0 Å². The smallest absolute Gasteiger partial charge is 0.328 e. The maximum Gasteiger partial charge on any atom is 0.328 e. The molecule has 1 aromatic rings. The monoisotopic (exact) mass is 267 g/mol. The number of aliphatic hydroxyl groups excluding tert-OH is 1. The number of carboxylic acid groups (broad SMARTS) is 1. The van der Waals surface area contributed by atoms with E-state index in [1.165, 1.54) is 4.90 Å². The summed E-state index contributed by atoms with van der Waals surface area (Å²) < 4.78 is 0. The molecule has 0 radical (unpaired) electrons. The van der Waals surface area contributed by atoms with Crippen LogP contribution in [0.3, 0.4) is 0 Å². The first kappa shape index (κ1) is 14.9. The Morgan fingerprint density at radius 1 is 1.42 bits per heavy atom. The van der Waals surface area contributed by atoms with Gasteiger partial charge in [0.1, 0.15) is 0 Å². The first-order valence-electron chi connectivity index (χ1n) is 5.78. The molecule has 0 fully saturated rings. The Morgan fingerprint density at radius 3 is 2.58 bits per heavy atom. The number of carboxylic acids is 1. The summed E-state index contributed by atoms with van der Waals surface area (Å²) in [4.78, 5) is 27.6. The van der Waals surface area contributed by atoms with Crippen LogP contribution in [0.1, 0.15) is 5.56 Å². The van der Waals surface area contributed by atoms with E-state index in [0.717, 1.165) is 5.56 Å². The molecular weight excluding hydrogens is 250 g/mol. The lowest BCUT2D eigenvalue weighted by Crippen LogP contribution is -2.48. The van der Waals surface area contributed by atoms with E-state index in [1.807, 2.05) is 12.1 Å². The number of nitrogens with one attached hydrogen (secondary N) is 1. The number of likely N-dealkylation sites (N-methyl/N-ethyl adjacent to an activating group) is 1. The number of aliphatic carboxylic acids is 1. The standard InChI is InChI=1S/C12H17N3O4/c1-15(7-4-9-2-5-13-6-3-9)12(19)14-10(8-16)11(17)18/h2-3,5-6,10,16H,4,7-8H2,1H3,(H,14,19)(H,17,18). The van der Waals surface area contributed by atoms with Crippen molar-refractivity contribution in [3.63, 3.8) is 0 Å². The van der Waals surface area contributed by atoms with Gasteiger partial charge in [0.25, 0.3) is 0 Å². The summed E-state index contributed by atoms with van der Waals surface area (Å²) in [5.41, 5.74) is 1.03. The summed E-state index contributed by atoms with van der Waals surface area (Å²) in [5.74, 6) is -1.27. The maximum atomic E-state index is 11.7. The molecule has 0 aliphatic carbocycles. The molecule has 0 saturated heterocycles. The largest absolute Gasteiger partial charge is 0.480 e. The first-order chi connectivity index (χ1) is 9.04. The molecule has 3 N–H and O–H groups in total. The molecule has 104 valence electrons. The SMILES string of the molecule is CN(CCc1ccncc1)C(=O)NC(CO)C(=O)O. The predicted octanol–water partition coefficient (Wildman–Crippen LogP) is -0.289. The van der Waals surface area contributed by atoms with Crippen LogP contribution in [0.15, 0.2) is 24.5 Å². The highest BCUT2D eigenvalue weighted by molar-refractivity contribution is 5.82. The Kier molecular flexibility index (Phi) is 5.74. The van der Waals surface area contributed by atoms with Crippen molar-refractivity contribution in [2.24, 2.45) is 0 Å². The molecule has 1 rings (SSSR count). The summed E-state index contributed by atoms with van der Waals surface area (Å²) in [7, 11) is 1.56. The number of hydrogen-bond acceptors (Lipinski definition) is 4. The third-order valence-electron chi connectivity index (χ3n) is 2.61. The fraction of sp³-hybridized carbons (Fsp3) is 0.417. The van der Waals surface area contributed by atoms with Gasteiger partial charge in [-0.3, -0.25) is 4.98 Å². The Morgan fingerprint density at radius 2 is 2.05 bits per heavy atom. The summed E-state index contributed by atoms with van der Waals surface area (Å²) >= 11 is 0. The van der Waals surface area contributed by atoms with Crippen molar-refractivity contribution in [1.82, 2.24) is 15.2 Å². The Bertz CT molecular complexity index is 424. The second-order valence-electron chi connectivity index (χ2n) is 4.05. The van der Waals surface area contributed by atoms with Crippen molar-refractivity contribution >= 4 is 12.0 Å². The van der Waals surface area contributed by atoms with Gasteiger partial charge in [-0.1, -0.05) is 0 Å². The van der Waals surface area contributed by atoms with E-state index in [9.17, 15) is 9.59 Å². The van der Waals surface area contributed by atoms with Gasteiger partial charge in [0.2, 0.25) is 0 Å². The molecule has 1 unspecified atom stereocenters. The van der Waals surface area contributed by atoms with Crippen molar-refractivity contribution in [2.75, 3.05) is 20.2 Å². The Hall–Kier alpha value is -2.15. The molecule has 0 spiro atoms. The number of hydrogen-bond donors (Lipinski definition) is 3. The fourth-order valence-electron chi connectivity index (χ4n) is 1.39. The number of rotatable bonds is 6. The average Bonchev–Trinajstić information content (AvgIpc) is 2.42. The molecule has 19 heavy (non-hydrogen) atoms. The molecule has 0 aliphatic rings. The normalized spacial score (nSPS) is 11.7. The summed E-state index contributed by atoms with van der Waals surface area (Å²) in [6.45, 7) is -0.202. The van der Waals surface area contributed by atoms with Gasteiger partial charge in [-0.2, -0.15) is 0 Å². The van der Waals surface area contributed by atoms with Crippen LogP contribution < -0.4 is 5.32 Å². The molecular formula is C12H17N3O4. The molecule has 0 saturated carbocycles. The number of carbonyl (C=O) groups excluding carboxylic acids is 1. The van der Waals surface area contributed by atoms with E-state index in [1.54, 1.807) is 19.4 Å². The van der Waals surface area contributed by atoms with Gasteiger partial charge in [0.15, 0.2) is 6.04 Å². The van der Waals surface area contributed by atoms with Gasteiger partial charge in [-0.05, 0) is 24.1 Å². The molecule has 1 heterocycles. The third kappa shape index (κ3) is 4.92. The second kappa shape index (κ2) is 7.32. The van der Waals surface area contributed by atoms with Crippen molar-refractivity contribution < 1.29 is 19.8 Å². The van der Waals surface area contributed by atoms with Gasteiger partial charge in [0, 0.05) is 26.0 Å². The van der Waals surface area contributed by atoms with Crippen LogP contribution in [0.2, 0.25) is 0 Å². The first-order valence-corrected chi connectivity index (χ1v) is 5.78. The summed E-state index contributed by atoms with van der Waals surface area (Å²) in [6, 6.07) is 1.88. The van der Waals surface area contributed by atoms with Gasteiger partial charge in [0.05, 0.1) is 6.61 Å². The van der Waals surface area contributed by atoms with E-state index in [2.05, 4.69) is 10.3 Å². The third-order valence-corrected chi connectivity index (χ3v) is 2.61. The van der Waals surface area contributed by atoms with Crippen LogP contribution in [-0.2, 0) is 11.2 Å². The van der Waals surface area contributed by atoms with Crippen LogP contribution in [0, 0.1) is 0 Å². The zero-order valence-electron chi connectivity index (χ0n) is 10.6. The number of amides is 2. The Balaban J connectivity index is 2.42. The van der Waals surface area contributed by atoms with E-state index < -0.39 is 24.6 Å². The van der Waals surface area contributed by atoms with E-state index in [-0.39, 0.29) is 0 Å². The van der Waals surface area contributed by atoms with Crippen LogP contribution in [-0.4, -0.2) is 58.3 Å². The van der Waals surface area contributed by atoms with Gasteiger partial charge >= 0.3 is 12.0 Å². The molecule has 2 amide bonds. The van der Waals surface area contributed by atoms with Crippen LogP contribution in [0.25, 0.3) is 0 Å².